The number of hydrogen-bond donors (Lipinski definition) is 0. The van der Waals surface area contributed by atoms with E-state index in [0.717, 1.165) is 4.47 Å². The van der Waals surface area contributed by atoms with E-state index in [9.17, 15) is 21.6 Å². The van der Waals surface area contributed by atoms with Crippen LogP contribution >= 0.6 is 15.9 Å². The third kappa shape index (κ3) is 3.14. The van der Waals surface area contributed by atoms with E-state index < -0.39 is 35.5 Å². The number of benzene rings is 3. The highest BCUT2D eigenvalue weighted by Crippen LogP contribution is 2.59. The van der Waals surface area contributed by atoms with Crippen molar-refractivity contribution in [3.8, 4) is 0 Å². The van der Waals surface area contributed by atoms with E-state index in [1.165, 1.54) is 48.5 Å². The molecule has 1 saturated carbocycles. The first-order chi connectivity index (χ1) is 14.2. The van der Waals surface area contributed by atoms with Crippen LogP contribution < -0.4 is 0 Å². The van der Waals surface area contributed by atoms with Crippen molar-refractivity contribution in [1.82, 2.24) is 0 Å². The number of ketones is 1. The highest BCUT2D eigenvalue weighted by atomic mass is 79.9. The third-order valence-corrected chi connectivity index (χ3v) is 11.7. The Hall–Kier alpha value is -2.29. The smallest absolute Gasteiger partial charge is 0.199 e. The molecule has 0 spiro atoms. The molecule has 1 aliphatic rings. The summed E-state index contributed by atoms with van der Waals surface area (Å²) in [5.41, 5.74) is 0.275. The van der Waals surface area contributed by atoms with Crippen LogP contribution in [0.25, 0.3) is 0 Å². The third-order valence-electron chi connectivity index (χ3n) is 5.32. The largest absolute Gasteiger partial charge is 0.294 e. The van der Waals surface area contributed by atoms with Crippen molar-refractivity contribution < 1.29 is 21.6 Å². The molecule has 8 heteroatoms. The maximum atomic E-state index is 13.6. The van der Waals surface area contributed by atoms with Crippen molar-refractivity contribution in [2.75, 3.05) is 0 Å². The molecular weight excluding hydrogens is 488 g/mol. The summed E-state index contributed by atoms with van der Waals surface area (Å²) in [6.45, 7) is 0. The second-order valence-corrected chi connectivity index (χ2v) is 12.7. The van der Waals surface area contributed by atoms with Gasteiger partial charge in [0.05, 0.1) is 15.7 Å². The molecule has 1 fully saturated rings. The molecular formula is C22H17BrO5S2. The lowest BCUT2D eigenvalue weighted by atomic mass is 10.1. The zero-order chi connectivity index (χ0) is 21.6. The molecule has 5 nitrogen and oxygen atoms in total. The van der Waals surface area contributed by atoms with Crippen molar-refractivity contribution in [1.29, 1.82) is 0 Å². The van der Waals surface area contributed by atoms with E-state index in [1.54, 1.807) is 36.4 Å². The second kappa shape index (κ2) is 7.44. The summed E-state index contributed by atoms with van der Waals surface area (Å²) in [4.78, 5) is 12.9. The average Bonchev–Trinajstić information content (AvgIpc) is 3.53. The molecule has 1 atom stereocenters. The van der Waals surface area contributed by atoms with Gasteiger partial charge in [-0.3, -0.25) is 4.79 Å². The first kappa shape index (κ1) is 21.0. The second-order valence-electron chi connectivity index (χ2n) is 7.07. The number of halogens is 1. The molecule has 0 bridgehead atoms. The fourth-order valence-electron chi connectivity index (χ4n) is 3.67. The van der Waals surface area contributed by atoms with E-state index >= 15 is 0 Å². The van der Waals surface area contributed by atoms with Crippen LogP contribution in [0.4, 0.5) is 0 Å². The molecule has 154 valence electrons. The maximum absolute atomic E-state index is 13.6. The first-order valence-electron chi connectivity index (χ1n) is 9.11. The van der Waals surface area contributed by atoms with Gasteiger partial charge in [-0.15, -0.1) is 0 Å². The van der Waals surface area contributed by atoms with Gasteiger partial charge in [0.15, 0.2) is 29.5 Å². The minimum absolute atomic E-state index is 0.115. The fraction of sp³-hybridized carbons (Fsp3) is 0.136. The van der Waals surface area contributed by atoms with Crippen LogP contribution in [0.2, 0.25) is 0 Å². The topological polar surface area (TPSA) is 85.3 Å². The quantitative estimate of drug-likeness (QED) is 0.467. The lowest BCUT2D eigenvalue weighted by Gasteiger charge is -2.19. The molecule has 0 radical (unpaired) electrons. The van der Waals surface area contributed by atoms with Gasteiger partial charge in [0.2, 0.25) is 0 Å². The molecule has 3 aromatic rings. The van der Waals surface area contributed by atoms with Crippen molar-refractivity contribution in [3.05, 3.63) is 95.0 Å². The zero-order valence-corrected chi connectivity index (χ0v) is 18.8. The summed E-state index contributed by atoms with van der Waals surface area (Å²) < 4.78 is 52.9. The lowest BCUT2D eigenvalue weighted by molar-refractivity contribution is 0.0966. The fourth-order valence-corrected chi connectivity index (χ4v) is 9.23. The molecule has 0 N–H and O–H groups in total. The number of carbonyl (C=O) groups excluding carboxylic acids is 1. The van der Waals surface area contributed by atoms with E-state index in [-0.39, 0.29) is 21.8 Å². The Bertz CT molecular complexity index is 1230. The lowest BCUT2D eigenvalue weighted by Crippen LogP contribution is -2.37. The number of Topliss-reactive ketones (excluding diaryl/α,β-unsaturated/α-hetero) is 1. The number of rotatable bonds is 6. The summed E-state index contributed by atoms with van der Waals surface area (Å²) in [7, 11) is -8.72. The Morgan fingerprint density at radius 2 is 1.17 bits per heavy atom. The normalized spacial score (nSPS) is 18.0. The monoisotopic (exact) mass is 504 g/mol. The SMILES string of the molecule is O=C(c1ccc(Br)cc1)C1CC1(S(=O)(=O)c1ccccc1)S(=O)(=O)c1ccccc1. The predicted molar refractivity (Wildman–Crippen MR) is 117 cm³/mol. The van der Waals surface area contributed by atoms with Crippen LogP contribution in [-0.2, 0) is 19.7 Å². The molecule has 4 rings (SSSR count). The summed E-state index contributed by atoms with van der Waals surface area (Å²) in [6, 6.07) is 21.3. The Balaban J connectivity index is 1.88. The Labute approximate surface area is 183 Å². The molecule has 30 heavy (non-hydrogen) atoms. The van der Waals surface area contributed by atoms with E-state index in [1.807, 2.05) is 0 Å². The van der Waals surface area contributed by atoms with Gasteiger partial charge in [0.25, 0.3) is 0 Å². The van der Waals surface area contributed by atoms with Gasteiger partial charge in [-0.1, -0.05) is 64.5 Å². The van der Waals surface area contributed by atoms with E-state index in [2.05, 4.69) is 15.9 Å². The highest BCUT2D eigenvalue weighted by molar-refractivity contribution is 9.10. The van der Waals surface area contributed by atoms with Gasteiger partial charge in [0, 0.05) is 10.0 Å². The summed E-state index contributed by atoms with van der Waals surface area (Å²) in [5.74, 6) is -1.68. The number of sulfone groups is 2. The van der Waals surface area contributed by atoms with Crippen LogP contribution in [0.5, 0.6) is 0 Å². The number of carbonyl (C=O) groups is 1. The van der Waals surface area contributed by atoms with Crippen molar-refractivity contribution in [2.45, 2.75) is 20.3 Å². The first-order valence-corrected chi connectivity index (χ1v) is 12.9. The standard InChI is InChI=1S/C22H17BrO5S2/c23-17-13-11-16(12-14-17)21(24)20-15-22(20,29(25,26)18-7-3-1-4-8-18)30(27,28)19-9-5-2-6-10-19/h1-14,20H,15H2. The van der Waals surface area contributed by atoms with Gasteiger partial charge >= 0.3 is 0 Å². The van der Waals surface area contributed by atoms with E-state index in [0.29, 0.717) is 0 Å². The Morgan fingerprint density at radius 3 is 1.60 bits per heavy atom. The number of hydrogen-bond acceptors (Lipinski definition) is 5. The zero-order valence-electron chi connectivity index (χ0n) is 15.6. The van der Waals surface area contributed by atoms with Crippen LogP contribution in [0.1, 0.15) is 16.8 Å². The maximum Gasteiger partial charge on any atom is 0.199 e. The van der Waals surface area contributed by atoms with Crippen LogP contribution in [-0.4, -0.2) is 26.7 Å². The minimum Gasteiger partial charge on any atom is -0.294 e. The van der Waals surface area contributed by atoms with Gasteiger partial charge in [-0.05, 0) is 42.8 Å². The molecule has 0 aliphatic heterocycles. The predicted octanol–water partition coefficient (Wildman–Crippen LogP) is 4.30. The van der Waals surface area contributed by atoms with Crippen molar-refractivity contribution in [3.63, 3.8) is 0 Å². The van der Waals surface area contributed by atoms with Gasteiger partial charge in [0.1, 0.15) is 0 Å². The Kier molecular flexibility index (Phi) is 5.20. The summed E-state index contributed by atoms with van der Waals surface area (Å²) in [5, 5.41) is 0. The van der Waals surface area contributed by atoms with Crippen LogP contribution in [0.3, 0.4) is 0 Å². The van der Waals surface area contributed by atoms with Crippen LogP contribution in [0.15, 0.2) is 99.2 Å². The molecule has 3 aromatic carbocycles. The van der Waals surface area contributed by atoms with E-state index in [4.69, 9.17) is 0 Å². The average molecular weight is 505 g/mol. The summed E-state index contributed by atoms with van der Waals surface area (Å²) in [6.07, 6.45) is -0.281. The molecule has 1 aliphatic carbocycles. The van der Waals surface area contributed by atoms with Gasteiger partial charge < -0.3 is 0 Å². The highest BCUT2D eigenvalue weighted by Gasteiger charge is 2.75. The van der Waals surface area contributed by atoms with Gasteiger partial charge in [-0.2, -0.15) is 0 Å². The van der Waals surface area contributed by atoms with Crippen LogP contribution in [0, 0.1) is 5.92 Å². The molecule has 0 aromatic heterocycles. The molecule has 0 saturated heterocycles. The van der Waals surface area contributed by atoms with Gasteiger partial charge in [-0.25, -0.2) is 16.8 Å². The van der Waals surface area contributed by atoms with Crippen molar-refractivity contribution in [2.24, 2.45) is 5.92 Å². The summed E-state index contributed by atoms with van der Waals surface area (Å²) >= 11 is 3.29. The molecule has 0 heterocycles. The van der Waals surface area contributed by atoms with Crippen molar-refractivity contribution >= 4 is 41.4 Å². The molecule has 0 amide bonds. The Morgan fingerprint density at radius 1 is 0.733 bits per heavy atom. The minimum atomic E-state index is -4.36. The molecule has 1 unspecified atom stereocenters.